The first-order valence-corrected chi connectivity index (χ1v) is 12.8. The van der Waals surface area contributed by atoms with Gasteiger partial charge in [0.15, 0.2) is 0 Å². The number of halogens is 9. The monoisotopic (exact) mass is 675 g/mol. The largest absolute Gasteiger partial charge is 0.490 e. The van der Waals surface area contributed by atoms with Gasteiger partial charge in [-0.1, -0.05) is 0 Å². The number of carboxylic acids is 3. The van der Waals surface area contributed by atoms with Crippen molar-refractivity contribution in [3.8, 4) is 0 Å². The third-order valence-electron chi connectivity index (χ3n) is 6.03. The molecule has 0 aromatic carbocycles. The van der Waals surface area contributed by atoms with E-state index in [1.165, 1.54) is 5.56 Å². The molecule has 1 spiro atoms. The van der Waals surface area contributed by atoms with Gasteiger partial charge in [0.2, 0.25) is 0 Å². The molecule has 0 saturated carbocycles. The Hall–Kier alpha value is -3.23. The van der Waals surface area contributed by atoms with Gasteiger partial charge < -0.3 is 29.7 Å². The van der Waals surface area contributed by atoms with Gasteiger partial charge in [-0.3, -0.25) is 9.88 Å². The van der Waals surface area contributed by atoms with E-state index in [0.717, 1.165) is 52.4 Å². The molecule has 0 radical (unpaired) electrons. The van der Waals surface area contributed by atoms with E-state index < -0.39 is 36.4 Å². The number of aliphatic carboxylic acids is 3. The van der Waals surface area contributed by atoms with Gasteiger partial charge in [0.25, 0.3) is 0 Å². The van der Waals surface area contributed by atoms with Crippen molar-refractivity contribution in [2.45, 2.75) is 57.0 Å². The lowest BCUT2D eigenvalue weighted by Gasteiger charge is -2.31. The summed E-state index contributed by atoms with van der Waals surface area (Å²) in [5.41, 5.74) is 1.17. The minimum Gasteiger partial charge on any atom is -0.475 e. The zero-order chi connectivity index (χ0) is 35.2. The van der Waals surface area contributed by atoms with Crippen LogP contribution in [-0.4, -0.2) is 125 Å². The number of hydrogen-bond acceptors (Lipinski definition) is 8. The Balaban J connectivity index is 0.000000753. The van der Waals surface area contributed by atoms with E-state index >= 15 is 0 Å². The Kier molecular flexibility index (Phi) is 16.8. The molecule has 0 amide bonds. The van der Waals surface area contributed by atoms with Crippen LogP contribution in [0.25, 0.3) is 0 Å². The van der Waals surface area contributed by atoms with E-state index in [-0.39, 0.29) is 5.60 Å². The van der Waals surface area contributed by atoms with Crippen molar-refractivity contribution in [3.63, 3.8) is 0 Å². The third-order valence-corrected chi connectivity index (χ3v) is 6.03. The van der Waals surface area contributed by atoms with Crippen molar-refractivity contribution in [2.24, 2.45) is 5.92 Å². The summed E-state index contributed by atoms with van der Waals surface area (Å²) in [5, 5.41) is 21.4. The summed E-state index contributed by atoms with van der Waals surface area (Å²) in [7, 11) is 2.20. The predicted octanol–water partition coefficient (Wildman–Crippen LogP) is 3.93. The molecule has 0 aliphatic carbocycles. The lowest BCUT2D eigenvalue weighted by molar-refractivity contribution is -0.193. The SMILES string of the molecule is CC(C)N(C)CC1COC2(COCCN(Cc3ccncc3)C2)C1.O=C(O)C(F)(F)F.O=C(O)C(F)(F)F.O=C(O)C(F)(F)F. The average molecular weight is 676 g/mol. The summed E-state index contributed by atoms with van der Waals surface area (Å²) in [4.78, 5) is 35.7. The van der Waals surface area contributed by atoms with Crippen molar-refractivity contribution in [3.05, 3.63) is 30.1 Å². The molecule has 1 aromatic heterocycles. The lowest BCUT2D eigenvalue weighted by Crippen LogP contribution is -2.44. The molecule has 2 unspecified atom stereocenters. The van der Waals surface area contributed by atoms with Gasteiger partial charge in [-0.15, -0.1) is 0 Å². The molecule has 3 rings (SSSR count). The number of aromatic nitrogens is 1. The van der Waals surface area contributed by atoms with Crippen LogP contribution in [0.1, 0.15) is 25.8 Å². The van der Waals surface area contributed by atoms with Crippen LogP contribution >= 0.6 is 0 Å². The number of carbonyl (C=O) groups is 3. The van der Waals surface area contributed by atoms with E-state index in [4.69, 9.17) is 39.2 Å². The first-order chi connectivity index (χ1) is 20.4. The van der Waals surface area contributed by atoms with Gasteiger partial charge in [-0.05, 0) is 50.9 Å². The maximum absolute atomic E-state index is 10.6. The highest BCUT2D eigenvalue weighted by Gasteiger charge is 2.43. The molecule has 45 heavy (non-hydrogen) atoms. The first kappa shape index (κ1) is 41.8. The molecule has 2 atom stereocenters. The normalized spacial score (nSPS) is 20.6. The summed E-state index contributed by atoms with van der Waals surface area (Å²) in [6, 6.07) is 4.76. The maximum atomic E-state index is 10.6. The zero-order valence-electron chi connectivity index (χ0n) is 24.2. The fourth-order valence-corrected chi connectivity index (χ4v) is 3.75. The van der Waals surface area contributed by atoms with E-state index in [1.54, 1.807) is 0 Å². The van der Waals surface area contributed by atoms with E-state index in [1.807, 2.05) is 12.4 Å². The Morgan fingerprint density at radius 1 is 0.956 bits per heavy atom. The van der Waals surface area contributed by atoms with Gasteiger partial charge in [0.1, 0.15) is 5.60 Å². The van der Waals surface area contributed by atoms with Crippen molar-refractivity contribution in [2.75, 3.05) is 46.5 Å². The first-order valence-electron chi connectivity index (χ1n) is 12.8. The number of nitrogens with zero attached hydrogens (tertiary/aromatic N) is 3. The van der Waals surface area contributed by atoms with Crippen LogP contribution in [0.15, 0.2) is 24.5 Å². The van der Waals surface area contributed by atoms with Gasteiger partial charge in [-0.2, -0.15) is 39.5 Å². The number of hydrogen-bond donors (Lipinski definition) is 3. The molecular weight excluding hydrogens is 641 g/mol. The van der Waals surface area contributed by atoms with Crippen LogP contribution in [-0.2, 0) is 30.4 Å². The number of carboxylic acid groups (broad SMARTS) is 3. The Morgan fingerprint density at radius 3 is 1.80 bits per heavy atom. The van der Waals surface area contributed by atoms with Gasteiger partial charge in [-0.25, -0.2) is 14.4 Å². The highest BCUT2D eigenvalue weighted by Crippen LogP contribution is 2.33. The molecular formula is C25H34F9N3O8. The quantitative estimate of drug-likeness (QED) is 0.390. The third kappa shape index (κ3) is 17.7. The molecule has 3 heterocycles. The summed E-state index contributed by atoms with van der Waals surface area (Å²) in [6.45, 7) is 10.8. The Morgan fingerprint density at radius 2 is 1.40 bits per heavy atom. The van der Waals surface area contributed by atoms with E-state index in [2.05, 4.69) is 47.8 Å². The smallest absolute Gasteiger partial charge is 0.475 e. The van der Waals surface area contributed by atoms with E-state index in [9.17, 15) is 39.5 Å². The number of alkyl halides is 9. The van der Waals surface area contributed by atoms with Crippen molar-refractivity contribution < 1.29 is 78.7 Å². The fourth-order valence-electron chi connectivity index (χ4n) is 3.75. The zero-order valence-corrected chi connectivity index (χ0v) is 24.2. The number of pyridine rings is 1. The highest BCUT2D eigenvalue weighted by molar-refractivity contribution is 5.73. The number of rotatable bonds is 5. The molecule has 2 saturated heterocycles. The lowest BCUT2D eigenvalue weighted by atomic mass is 9.93. The minimum atomic E-state index is -5.08. The second-order valence-corrected chi connectivity index (χ2v) is 10.1. The van der Waals surface area contributed by atoms with Gasteiger partial charge in [0.05, 0.1) is 19.8 Å². The molecule has 260 valence electrons. The van der Waals surface area contributed by atoms with Crippen LogP contribution < -0.4 is 0 Å². The molecule has 3 N–H and O–H groups in total. The second kappa shape index (κ2) is 18.1. The van der Waals surface area contributed by atoms with Crippen molar-refractivity contribution in [1.82, 2.24) is 14.8 Å². The fraction of sp³-hybridized carbons (Fsp3) is 0.680. The van der Waals surface area contributed by atoms with Crippen LogP contribution in [0.5, 0.6) is 0 Å². The molecule has 1 aromatic rings. The summed E-state index contributed by atoms with van der Waals surface area (Å²) >= 11 is 0. The van der Waals surface area contributed by atoms with Crippen LogP contribution in [0.4, 0.5) is 39.5 Å². The molecule has 20 heteroatoms. The standard InChI is InChI=1S/C19H31N3O2.3C2HF3O2/c1-16(2)21(3)11-18-10-19(24-13-18)14-22(8-9-23-15-19)12-17-4-6-20-7-5-17;3*3-2(4,5)1(6)7/h4-7,16,18H,8-15H2,1-3H3;3*(H,6,7). The van der Waals surface area contributed by atoms with Gasteiger partial charge in [0, 0.05) is 44.6 Å². The molecule has 2 aliphatic rings. The molecule has 2 fully saturated rings. The average Bonchev–Trinajstić information content (AvgIpc) is 3.17. The van der Waals surface area contributed by atoms with Gasteiger partial charge >= 0.3 is 36.4 Å². The molecule has 2 aliphatic heterocycles. The molecule has 11 nitrogen and oxygen atoms in total. The maximum Gasteiger partial charge on any atom is 0.490 e. The predicted molar refractivity (Wildman–Crippen MR) is 136 cm³/mol. The summed E-state index contributed by atoms with van der Waals surface area (Å²) in [5.74, 6) is -7.67. The molecule has 0 bridgehead atoms. The van der Waals surface area contributed by atoms with Crippen LogP contribution in [0.2, 0.25) is 0 Å². The number of ether oxygens (including phenoxy) is 2. The minimum absolute atomic E-state index is 0.133. The highest BCUT2D eigenvalue weighted by atomic mass is 19.4. The van der Waals surface area contributed by atoms with E-state index in [0.29, 0.717) is 12.0 Å². The van der Waals surface area contributed by atoms with Crippen LogP contribution in [0.3, 0.4) is 0 Å². The van der Waals surface area contributed by atoms with Crippen molar-refractivity contribution in [1.29, 1.82) is 0 Å². The summed E-state index contributed by atoms with van der Waals surface area (Å²) in [6.07, 6.45) is -10.4. The Bertz CT molecular complexity index is 1000. The topological polar surface area (TPSA) is 150 Å². The second-order valence-electron chi connectivity index (χ2n) is 10.1. The summed E-state index contributed by atoms with van der Waals surface area (Å²) < 4.78 is 107. The Labute approximate surface area is 251 Å². The van der Waals surface area contributed by atoms with Crippen LogP contribution in [0, 0.1) is 5.92 Å². The van der Waals surface area contributed by atoms with Crippen molar-refractivity contribution >= 4 is 17.9 Å².